The van der Waals surface area contributed by atoms with Gasteiger partial charge in [-0.15, -0.1) is 0 Å². The van der Waals surface area contributed by atoms with Crippen LogP contribution in [-0.2, 0) is 12.6 Å². The second-order valence-corrected chi connectivity index (χ2v) is 5.72. The fourth-order valence-corrected chi connectivity index (χ4v) is 2.78. The minimum Gasteiger partial charge on any atom is -0.507 e. The van der Waals surface area contributed by atoms with E-state index in [-0.39, 0.29) is 0 Å². The van der Waals surface area contributed by atoms with Gasteiger partial charge in [-0.2, -0.15) is 13.2 Å². The number of nitrogens with one attached hydrogen (secondary N) is 1. The van der Waals surface area contributed by atoms with E-state index in [2.05, 4.69) is 26.1 Å². The van der Waals surface area contributed by atoms with Gasteiger partial charge in [0.25, 0.3) is 0 Å². The molecule has 0 aromatic heterocycles. The van der Waals surface area contributed by atoms with Crippen molar-refractivity contribution in [1.82, 2.24) is 10.2 Å². The summed E-state index contributed by atoms with van der Waals surface area (Å²) in [6, 6.07) is 2.45. The first-order valence-corrected chi connectivity index (χ1v) is 7.19. The summed E-state index contributed by atoms with van der Waals surface area (Å²) in [6.45, 7) is 4.17. The number of benzene rings is 1. The Hall–Kier alpha value is -0.790. The molecule has 112 valence electrons. The van der Waals surface area contributed by atoms with Crippen molar-refractivity contribution in [3.05, 3.63) is 27.7 Å². The average Bonchev–Trinajstić information content (AvgIpc) is 2.39. The van der Waals surface area contributed by atoms with E-state index in [1.165, 1.54) is 0 Å². The predicted molar refractivity (Wildman–Crippen MR) is 73.8 cm³/mol. The van der Waals surface area contributed by atoms with Crippen molar-refractivity contribution >= 4 is 15.9 Å². The van der Waals surface area contributed by atoms with E-state index < -0.39 is 17.5 Å². The Bertz CT molecular complexity index is 473. The van der Waals surface area contributed by atoms with Crippen molar-refractivity contribution < 1.29 is 18.3 Å². The number of nitrogens with zero attached hydrogens (tertiary/aromatic N) is 1. The lowest BCUT2D eigenvalue weighted by molar-refractivity contribution is -0.138. The highest BCUT2D eigenvalue weighted by atomic mass is 79.9. The van der Waals surface area contributed by atoms with Gasteiger partial charge in [0.2, 0.25) is 0 Å². The fourth-order valence-electron chi connectivity index (χ4n) is 2.28. The van der Waals surface area contributed by atoms with Gasteiger partial charge < -0.3 is 15.3 Å². The normalized spacial score (nSPS) is 17.4. The van der Waals surface area contributed by atoms with Gasteiger partial charge in [-0.3, -0.25) is 0 Å². The monoisotopic (exact) mass is 352 g/mol. The van der Waals surface area contributed by atoms with Gasteiger partial charge in [0.05, 0.1) is 5.56 Å². The summed E-state index contributed by atoms with van der Waals surface area (Å²) in [7, 11) is 0. The molecule has 0 bridgehead atoms. The standard InChI is InChI=1S/C13H16BrF3N2O/c14-10-7-9(1-4-19-5-2-18-3-6-19)12(20)11(8-10)13(15,16)17/h7-8,18,20H,1-6H2. The fraction of sp³-hybridized carbons (Fsp3) is 0.538. The van der Waals surface area contributed by atoms with Crippen LogP contribution in [0.15, 0.2) is 16.6 Å². The lowest BCUT2D eigenvalue weighted by Gasteiger charge is -2.27. The number of phenols is 1. The number of phenolic OH excluding ortho intramolecular Hbond substituents is 1. The van der Waals surface area contributed by atoms with Crippen LogP contribution in [0.5, 0.6) is 5.75 Å². The molecule has 3 nitrogen and oxygen atoms in total. The van der Waals surface area contributed by atoms with Crippen molar-refractivity contribution in [2.24, 2.45) is 0 Å². The third-order valence-corrected chi connectivity index (χ3v) is 3.82. The number of rotatable bonds is 3. The van der Waals surface area contributed by atoms with Crippen molar-refractivity contribution in [2.45, 2.75) is 12.6 Å². The Labute approximate surface area is 123 Å². The Kier molecular flexibility index (Phi) is 4.93. The molecule has 0 amide bonds. The zero-order valence-electron chi connectivity index (χ0n) is 10.8. The van der Waals surface area contributed by atoms with E-state index in [0.29, 0.717) is 23.0 Å². The quantitative estimate of drug-likeness (QED) is 0.877. The van der Waals surface area contributed by atoms with Crippen molar-refractivity contribution in [2.75, 3.05) is 32.7 Å². The summed E-state index contributed by atoms with van der Waals surface area (Å²) in [6.07, 6.45) is -4.15. The molecule has 2 rings (SSSR count). The summed E-state index contributed by atoms with van der Waals surface area (Å²) in [5.41, 5.74) is -0.660. The second-order valence-electron chi connectivity index (χ2n) is 4.80. The first kappa shape index (κ1) is 15.6. The Morgan fingerprint density at radius 2 is 1.90 bits per heavy atom. The molecule has 1 aromatic rings. The van der Waals surface area contributed by atoms with Gasteiger partial charge in [-0.25, -0.2) is 0 Å². The summed E-state index contributed by atoms with van der Waals surface area (Å²) < 4.78 is 38.7. The van der Waals surface area contributed by atoms with E-state index in [1.807, 2.05) is 0 Å². The smallest absolute Gasteiger partial charge is 0.420 e. The molecule has 1 aliphatic rings. The van der Waals surface area contributed by atoms with Gasteiger partial charge in [0.15, 0.2) is 0 Å². The lowest BCUT2D eigenvalue weighted by atomic mass is 10.1. The van der Waals surface area contributed by atoms with E-state index in [1.54, 1.807) is 6.07 Å². The summed E-state index contributed by atoms with van der Waals surface area (Å²) in [5.74, 6) is -0.657. The highest BCUT2D eigenvalue weighted by molar-refractivity contribution is 9.10. The Morgan fingerprint density at radius 1 is 1.25 bits per heavy atom. The van der Waals surface area contributed by atoms with Crippen LogP contribution in [-0.4, -0.2) is 42.7 Å². The number of halogens is 4. The minimum absolute atomic E-state index is 0.324. The molecule has 1 aliphatic heterocycles. The molecule has 0 unspecified atom stereocenters. The van der Waals surface area contributed by atoms with Crippen molar-refractivity contribution in [3.8, 4) is 5.75 Å². The minimum atomic E-state index is -4.54. The molecule has 20 heavy (non-hydrogen) atoms. The van der Waals surface area contributed by atoms with Crippen LogP contribution in [0.4, 0.5) is 13.2 Å². The van der Waals surface area contributed by atoms with E-state index in [9.17, 15) is 18.3 Å². The molecular weight excluding hydrogens is 337 g/mol. The van der Waals surface area contributed by atoms with Crippen LogP contribution in [0, 0.1) is 0 Å². The molecule has 0 spiro atoms. The Morgan fingerprint density at radius 3 is 2.50 bits per heavy atom. The molecule has 0 saturated carbocycles. The zero-order valence-corrected chi connectivity index (χ0v) is 12.4. The molecule has 1 heterocycles. The SMILES string of the molecule is Oc1c(CCN2CCNCC2)cc(Br)cc1C(F)(F)F. The highest BCUT2D eigenvalue weighted by Crippen LogP contribution is 2.39. The van der Waals surface area contributed by atoms with Crippen LogP contribution in [0.2, 0.25) is 0 Å². The molecule has 7 heteroatoms. The van der Waals surface area contributed by atoms with Crippen LogP contribution in [0.1, 0.15) is 11.1 Å². The van der Waals surface area contributed by atoms with E-state index >= 15 is 0 Å². The number of hydrogen-bond acceptors (Lipinski definition) is 3. The molecule has 0 radical (unpaired) electrons. The predicted octanol–water partition coefficient (Wildman–Crippen LogP) is 2.62. The van der Waals surface area contributed by atoms with Crippen LogP contribution < -0.4 is 5.32 Å². The van der Waals surface area contributed by atoms with E-state index in [4.69, 9.17) is 0 Å². The first-order valence-electron chi connectivity index (χ1n) is 6.39. The van der Waals surface area contributed by atoms with Gasteiger partial charge in [0, 0.05) is 37.2 Å². The summed E-state index contributed by atoms with van der Waals surface area (Å²) in [4.78, 5) is 2.17. The first-order chi connectivity index (χ1) is 9.38. The number of alkyl halides is 3. The zero-order chi connectivity index (χ0) is 14.8. The maximum atomic E-state index is 12.8. The van der Waals surface area contributed by atoms with Gasteiger partial charge in [0.1, 0.15) is 5.75 Å². The number of piperazine rings is 1. The number of aromatic hydroxyl groups is 1. The number of hydrogen-bond donors (Lipinski definition) is 2. The van der Waals surface area contributed by atoms with Gasteiger partial charge in [-0.1, -0.05) is 15.9 Å². The third kappa shape index (κ3) is 3.86. The second kappa shape index (κ2) is 6.32. The van der Waals surface area contributed by atoms with Gasteiger partial charge in [-0.05, 0) is 24.1 Å². The average molecular weight is 353 g/mol. The largest absolute Gasteiger partial charge is 0.507 e. The van der Waals surface area contributed by atoms with Gasteiger partial charge >= 0.3 is 6.18 Å². The maximum Gasteiger partial charge on any atom is 0.420 e. The molecule has 0 aliphatic carbocycles. The third-order valence-electron chi connectivity index (χ3n) is 3.37. The highest BCUT2D eigenvalue weighted by Gasteiger charge is 2.35. The maximum absolute atomic E-state index is 12.8. The van der Waals surface area contributed by atoms with E-state index in [0.717, 1.165) is 32.2 Å². The summed E-state index contributed by atoms with van der Waals surface area (Å²) in [5, 5.41) is 13.0. The van der Waals surface area contributed by atoms with Crippen LogP contribution in [0.3, 0.4) is 0 Å². The van der Waals surface area contributed by atoms with Crippen LogP contribution >= 0.6 is 15.9 Å². The molecule has 2 N–H and O–H groups in total. The van der Waals surface area contributed by atoms with Crippen LogP contribution in [0.25, 0.3) is 0 Å². The van der Waals surface area contributed by atoms with Crippen molar-refractivity contribution in [1.29, 1.82) is 0 Å². The Balaban J connectivity index is 2.12. The molecule has 1 fully saturated rings. The molecule has 1 aromatic carbocycles. The summed E-state index contributed by atoms with van der Waals surface area (Å²) >= 11 is 3.07. The molecular formula is C13H16BrF3N2O. The topological polar surface area (TPSA) is 35.5 Å². The molecule has 0 atom stereocenters. The molecule has 1 saturated heterocycles. The van der Waals surface area contributed by atoms with Crippen molar-refractivity contribution in [3.63, 3.8) is 0 Å². The lowest BCUT2D eigenvalue weighted by Crippen LogP contribution is -2.44.